The van der Waals surface area contributed by atoms with Gasteiger partial charge in [0.1, 0.15) is 6.04 Å². The molecule has 0 spiro atoms. The number of carbonyl (C=O) groups is 3. The van der Waals surface area contributed by atoms with Crippen molar-refractivity contribution >= 4 is 23.5 Å². The van der Waals surface area contributed by atoms with Crippen LogP contribution in [-0.4, -0.2) is 40.6 Å². The average molecular weight is 456 g/mol. The second-order valence-corrected chi connectivity index (χ2v) is 8.35. The maximum Gasteiger partial charge on any atom is 0.326 e. The largest absolute Gasteiger partial charge is 0.481 e. The van der Waals surface area contributed by atoms with Crippen LogP contribution in [0.3, 0.4) is 0 Å². The highest BCUT2D eigenvalue weighted by atomic mass is 16.4. The Balaban J connectivity index is 0.000000294. The highest BCUT2D eigenvalue weighted by molar-refractivity contribution is 5.85. The minimum atomic E-state index is -0.993. The van der Waals surface area contributed by atoms with Crippen molar-refractivity contribution in [3.8, 4) is 0 Å². The van der Waals surface area contributed by atoms with Gasteiger partial charge in [-0.2, -0.15) is 0 Å². The van der Waals surface area contributed by atoms with Crippen LogP contribution in [0, 0.1) is 11.8 Å². The molecule has 8 heteroatoms. The number of hydrogen-bond acceptors (Lipinski definition) is 5. The molecule has 0 bridgehead atoms. The zero-order chi connectivity index (χ0) is 24.2. The molecule has 3 rings (SSSR count). The first-order valence-corrected chi connectivity index (χ1v) is 11.1. The van der Waals surface area contributed by atoms with Crippen molar-refractivity contribution in [2.45, 2.75) is 44.6 Å². The molecule has 0 aliphatic heterocycles. The van der Waals surface area contributed by atoms with Crippen LogP contribution in [0.5, 0.6) is 0 Å². The van der Waals surface area contributed by atoms with Gasteiger partial charge >= 0.3 is 11.9 Å². The molecule has 1 aliphatic carbocycles. The molecule has 0 radical (unpaired) electrons. The molecular formula is C25H33N3O5. The molecule has 1 saturated carbocycles. The van der Waals surface area contributed by atoms with E-state index >= 15 is 0 Å². The van der Waals surface area contributed by atoms with Gasteiger partial charge < -0.3 is 27.0 Å². The Labute approximate surface area is 194 Å². The van der Waals surface area contributed by atoms with Crippen LogP contribution < -0.4 is 16.8 Å². The lowest BCUT2D eigenvalue weighted by Gasteiger charge is -2.27. The van der Waals surface area contributed by atoms with E-state index in [0.717, 1.165) is 36.8 Å². The predicted molar refractivity (Wildman–Crippen MR) is 126 cm³/mol. The van der Waals surface area contributed by atoms with Crippen LogP contribution >= 0.6 is 0 Å². The number of nitrogens with two attached hydrogens (primary N) is 2. The molecule has 33 heavy (non-hydrogen) atoms. The number of anilines is 1. The fourth-order valence-corrected chi connectivity index (χ4v) is 3.81. The maximum atomic E-state index is 12.3. The third-order valence-electron chi connectivity index (χ3n) is 5.78. The molecule has 0 aromatic heterocycles. The summed E-state index contributed by atoms with van der Waals surface area (Å²) in [5.41, 5.74) is 13.4. The number of amides is 1. The summed E-state index contributed by atoms with van der Waals surface area (Å²) >= 11 is 0. The number of nitrogen functional groups attached to an aromatic ring is 1. The lowest BCUT2D eigenvalue weighted by atomic mass is 9.81. The summed E-state index contributed by atoms with van der Waals surface area (Å²) in [5.74, 6) is -1.54. The number of carboxylic acid groups (broad SMARTS) is 2. The van der Waals surface area contributed by atoms with Gasteiger partial charge in [0, 0.05) is 18.0 Å². The molecule has 8 nitrogen and oxygen atoms in total. The number of carbonyl (C=O) groups excluding carboxylic acids is 1. The topological polar surface area (TPSA) is 156 Å². The second kappa shape index (κ2) is 13.2. The normalized spacial score (nSPS) is 18.3. The summed E-state index contributed by atoms with van der Waals surface area (Å²) < 4.78 is 0. The zero-order valence-corrected chi connectivity index (χ0v) is 18.7. The van der Waals surface area contributed by atoms with Gasteiger partial charge in [0.2, 0.25) is 5.91 Å². The van der Waals surface area contributed by atoms with Gasteiger partial charge in [-0.25, -0.2) is 4.79 Å². The first-order chi connectivity index (χ1) is 15.8. The van der Waals surface area contributed by atoms with Crippen molar-refractivity contribution in [1.29, 1.82) is 0 Å². The van der Waals surface area contributed by atoms with Gasteiger partial charge in [-0.15, -0.1) is 0 Å². The smallest absolute Gasteiger partial charge is 0.326 e. The standard InChI is InChI=1S/C17H24N2O3.C8H9NO2/c18-11-13-6-8-14(9-7-13)16(20)19-15(17(21)22)10-12-4-2-1-3-5-12;9-7-3-1-6(2-4-7)5-8(10)11/h1-5,13-15H,6-11,18H2,(H,19,20)(H,21,22);1-4H,5,9H2,(H,10,11)/t13-,14-,15-;/m0./s1. The fraction of sp³-hybridized carbons (Fsp3) is 0.400. The predicted octanol–water partition coefficient (Wildman–Crippen LogP) is 2.46. The molecular weight excluding hydrogens is 422 g/mol. The van der Waals surface area contributed by atoms with Crippen LogP contribution in [-0.2, 0) is 27.2 Å². The number of carboxylic acids is 2. The molecule has 0 heterocycles. The first-order valence-electron chi connectivity index (χ1n) is 11.1. The van der Waals surface area contributed by atoms with Crippen molar-refractivity contribution in [2.24, 2.45) is 17.6 Å². The van der Waals surface area contributed by atoms with E-state index in [1.807, 2.05) is 30.3 Å². The van der Waals surface area contributed by atoms with E-state index in [0.29, 0.717) is 24.6 Å². The van der Waals surface area contributed by atoms with Crippen molar-refractivity contribution in [3.63, 3.8) is 0 Å². The summed E-state index contributed by atoms with van der Waals surface area (Å²) in [6.45, 7) is 0.667. The summed E-state index contributed by atoms with van der Waals surface area (Å²) in [7, 11) is 0. The molecule has 178 valence electrons. The van der Waals surface area contributed by atoms with E-state index in [9.17, 15) is 19.5 Å². The number of rotatable bonds is 8. The quantitative estimate of drug-likeness (QED) is 0.383. The third kappa shape index (κ3) is 9.33. The molecule has 0 unspecified atom stereocenters. The Bertz CT molecular complexity index is 894. The SMILES string of the molecule is NC[C@H]1CC[C@H](C(=O)N[C@@H](Cc2ccccc2)C(=O)O)CC1.Nc1ccc(CC(=O)O)cc1. The Morgan fingerprint density at radius 1 is 0.909 bits per heavy atom. The van der Waals surface area contributed by atoms with Gasteiger partial charge in [0.25, 0.3) is 0 Å². The summed E-state index contributed by atoms with van der Waals surface area (Å²) in [4.78, 5) is 33.9. The lowest BCUT2D eigenvalue weighted by molar-refractivity contribution is -0.142. The average Bonchev–Trinajstić information content (AvgIpc) is 2.81. The first kappa shape index (κ1) is 25.9. The van der Waals surface area contributed by atoms with Crippen LogP contribution in [0.25, 0.3) is 0 Å². The van der Waals surface area contributed by atoms with E-state index in [1.54, 1.807) is 24.3 Å². The molecule has 7 N–H and O–H groups in total. The summed E-state index contributed by atoms with van der Waals surface area (Å²) in [6, 6.07) is 15.3. The van der Waals surface area contributed by atoms with Gasteiger partial charge in [0.15, 0.2) is 0 Å². The summed E-state index contributed by atoms with van der Waals surface area (Å²) in [6.07, 6.45) is 3.85. The third-order valence-corrected chi connectivity index (χ3v) is 5.78. The number of benzene rings is 2. The Morgan fingerprint density at radius 2 is 1.52 bits per heavy atom. The highest BCUT2D eigenvalue weighted by Crippen LogP contribution is 2.28. The molecule has 0 saturated heterocycles. The van der Waals surface area contributed by atoms with E-state index in [4.69, 9.17) is 16.6 Å². The monoisotopic (exact) mass is 455 g/mol. The Hall–Kier alpha value is -3.39. The van der Waals surface area contributed by atoms with Crippen LogP contribution in [0.1, 0.15) is 36.8 Å². The zero-order valence-electron chi connectivity index (χ0n) is 18.7. The lowest BCUT2D eigenvalue weighted by Crippen LogP contribution is -2.45. The Kier molecular flexibility index (Phi) is 10.4. The number of aliphatic carboxylic acids is 2. The molecule has 1 amide bonds. The van der Waals surface area contributed by atoms with E-state index < -0.39 is 18.0 Å². The molecule has 1 aliphatic rings. The molecule has 1 fully saturated rings. The number of hydrogen-bond donors (Lipinski definition) is 5. The minimum Gasteiger partial charge on any atom is -0.481 e. The second-order valence-electron chi connectivity index (χ2n) is 8.35. The minimum absolute atomic E-state index is 0.0558. The van der Waals surface area contributed by atoms with Crippen molar-refractivity contribution < 1.29 is 24.6 Å². The molecule has 2 aromatic carbocycles. The van der Waals surface area contributed by atoms with Gasteiger partial charge in [0.05, 0.1) is 6.42 Å². The molecule has 1 atom stereocenters. The van der Waals surface area contributed by atoms with E-state index in [2.05, 4.69) is 5.32 Å². The van der Waals surface area contributed by atoms with Crippen molar-refractivity contribution in [1.82, 2.24) is 5.32 Å². The highest BCUT2D eigenvalue weighted by Gasteiger charge is 2.29. The Morgan fingerprint density at radius 3 is 2.03 bits per heavy atom. The van der Waals surface area contributed by atoms with E-state index in [1.165, 1.54) is 0 Å². The van der Waals surface area contributed by atoms with Crippen LogP contribution in [0.2, 0.25) is 0 Å². The molecule has 2 aromatic rings. The number of nitrogens with one attached hydrogen (secondary N) is 1. The van der Waals surface area contributed by atoms with Crippen molar-refractivity contribution in [2.75, 3.05) is 12.3 Å². The van der Waals surface area contributed by atoms with E-state index in [-0.39, 0.29) is 18.2 Å². The maximum absolute atomic E-state index is 12.3. The van der Waals surface area contributed by atoms with Crippen LogP contribution in [0.15, 0.2) is 54.6 Å². The van der Waals surface area contributed by atoms with Crippen molar-refractivity contribution in [3.05, 3.63) is 65.7 Å². The summed E-state index contributed by atoms with van der Waals surface area (Å²) in [5, 5.41) is 20.4. The van der Waals surface area contributed by atoms with Gasteiger partial charge in [-0.3, -0.25) is 9.59 Å². The fourth-order valence-electron chi connectivity index (χ4n) is 3.81. The van der Waals surface area contributed by atoms with Crippen LogP contribution in [0.4, 0.5) is 5.69 Å². The van der Waals surface area contributed by atoms with Gasteiger partial charge in [-0.05, 0) is 61.4 Å². The van der Waals surface area contributed by atoms with Gasteiger partial charge in [-0.1, -0.05) is 42.5 Å².